The molecule has 0 spiro atoms. The van der Waals surface area contributed by atoms with Gasteiger partial charge in [0.25, 0.3) is 5.69 Å². The largest absolute Gasteiger partial charge is 0.324 e. The monoisotopic (exact) mass is 330 g/mol. The molecule has 126 valence electrons. The summed E-state index contributed by atoms with van der Waals surface area (Å²) in [7, 11) is 0. The molecular formula is C15H18N6O3. The number of carbonyl (C=O) groups is 1. The Bertz CT molecular complexity index is 738. The van der Waals surface area contributed by atoms with Gasteiger partial charge < -0.3 is 10.2 Å². The third kappa shape index (κ3) is 3.34. The van der Waals surface area contributed by atoms with Crippen LogP contribution < -0.4 is 5.32 Å². The Morgan fingerprint density at radius 2 is 2.12 bits per heavy atom. The van der Waals surface area contributed by atoms with Crippen LogP contribution in [0.1, 0.15) is 24.4 Å². The van der Waals surface area contributed by atoms with Crippen molar-refractivity contribution in [1.29, 1.82) is 0 Å². The van der Waals surface area contributed by atoms with Crippen molar-refractivity contribution in [2.45, 2.75) is 25.8 Å². The zero-order valence-corrected chi connectivity index (χ0v) is 13.3. The Balaban J connectivity index is 1.62. The lowest BCUT2D eigenvalue weighted by Gasteiger charge is -2.32. The van der Waals surface area contributed by atoms with Gasteiger partial charge in [0.2, 0.25) is 0 Å². The maximum Gasteiger partial charge on any atom is 0.321 e. The van der Waals surface area contributed by atoms with E-state index in [0.717, 1.165) is 18.4 Å². The van der Waals surface area contributed by atoms with Gasteiger partial charge in [0.15, 0.2) is 0 Å². The molecule has 0 atom stereocenters. The van der Waals surface area contributed by atoms with E-state index in [9.17, 15) is 14.9 Å². The normalized spacial score (nSPS) is 15.3. The van der Waals surface area contributed by atoms with E-state index < -0.39 is 4.92 Å². The molecule has 2 aromatic rings. The summed E-state index contributed by atoms with van der Waals surface area (Å²) in [4.78, 5) is 28.5. The molecule has 1 fully saturated rings. The van der Waals surface area contributed by atoms with Crippen molar-refractivity contribution in [3.8, 4) is 0 Å². The number of aromatic nitrogens is 3. The van der Waals surface area contributed by atoms with Gasteiger partial charge in [-0.2, -0.15) is 5.10 Å². The first-order valence-corrected chi connectivity index (χ1v) is 7.69. The number of likely N-dealkylation sites (tertiary alicyclic amines) is 1. The van der Waals surface area contributed by atoms with Crippen LogP contribution in [0.2, 0.25) is 0 Å². The van der Waals surface area contributed by atoms with Crippen LogP contribution in [0.3, 0.4) is 0 Å². The second-order valence-corrected chi connectivity index (χ2v) is 5.78. The zero-order valence-electron chi connectivity index (χ0n) is 13.3. The summed E-state index contributed by atoms with van der Waals surface area (Å²) < 4.78 is 1.82. The van der Waals surface area contributed by atoms with E-state index >= 15 is 0 Å². The number of amides is 2. The molecule has 1 aliphatic rings. The molecule has 0 aliphatic carbocycles. The molecule has 1 saturated heterocycles. The highest BCUT2D eigenvalue weighted by Gasteiger charge is 2.24. The lowest BCUT2D eigenvalue weighted by molar-refractivity contribution is -0.384. The molecule has 24 heavy (non-hydrogen) atoms. The van der Waals surface area contributed by atoms with Crippen molar-refractivity contribution in [1.82, 2.24) is 19.7 Å². The number of nitro groups is 1. The minimum Gasteiger partial charge on any atom is -0.324 e. The van der Waals surface area contributed by atoms with E-state index in [1.807, 2.05) is 4.68 Å². The van der Waals surface area contributed by atoms with Gasteiger partial charge in [0.05, 0.1) is 16.7 Å². The highest BCUT2D eigenvalue weighted by atomic mass is 16.6. The molecule has 1 aromatic carbocycles. The van der Waals surface area contributed by atoms with Crippen molar-refractivity contribution in [2.24, 2.45) is 0 Å². The minimum absolute atomic E-state index is 0.0409. The number of piperidine rings is 1. The average Bonchev–Trinajstić information content (AvgIpc) is 3.11. The summed E-state index contributed by atoms with van der Waals surface area (Å²) in [5, 5.41) is 17.8. The van der Waals surface area contributed by atoms with E-state index in [4.69, 9.17) is 0 Å². The minimum atomic E-state index is -0.474. The highest BCUT2D eigenvalue weighted by molar-refractivity contribution is 5.90. The fourth-order valence-electron chi connectivity index (χ4n) is 2.79. The van der Waals surface area contributed by atoms with Crippen LogP contribution in [-0.4, -0.2) is 43.7 Å². The van der Waals surface area contributed by atoms with Gasteiger partial charge >= 0.3 is 6.03 Å². The Hall–Kier alpha value is -2.97. The van der Waals surface area contributed by atoms with E-state index in [-0.39, 0.29) is 17.8 Å². The first-order chi connectivity index (χ1) is 11.5. The van der Waals surface area contributed by atoms with E-state index in [2.05, 4.69) is 15.4 Å². The number of nitrogens with one attached hydrogen (secondary N) is 1. The quantitative estimate of drug-likeness (QED) is 0.687. The van der Waals surface area contributed by atoms with Gasteiger partial charge in [-0.25, -0.2) is 14.5 Å². The Morgan fingerprint density at radius 1 is 1.38 bits per heavy atom. The number of anilines is 1. The van der Waals surface area contributed by atoms with Crippen molar-refractivity contribution in [3.05, 3.63) is 46.5 Å². The number of urea groups is 1. The summed E-state index contributed by atoms with van der Waals surface area (Å²) >= 11 is 0. The number of nitro benzene ring substituents is 1. The van der Waals surface area contributed by atoms with Gasteiger partial charge in [-0.3, -0.25) is 10.1 Å². The van der Waals surface area contributed by atoms with Crippen LogP contribution in [0.25, 0.3) is 0 Å². The van der Waals surface area contributed by atoms with Gasteiger partial charge in [-0.05, 0) is 25.3 Å². The zero-order chi connectivity index (χ0) is 17.1. The number of benzene rings is 1. The first kappa shape index (κ1) is 15.9. The predicted octanol–water partition coefficient (Wildman–Crippen LogP) is 2.36. The molecule has 9 nitrogen and oxygen atoms in total. The maximum absolute atomic E-state index is 12.4. The highest BCUT2D eigenvalue weighted by Crippen LogP contribution is 2.24. The first-order valence-electron chi connectivity index (χ1n) is 7.69. The number of aryl methyl sites for hydroxylation is 1. The number of hydrogen-bond acceptors (Lipinski definition) is 5. The lowest BCUT2D eigenvalue weighted by Crippen LogP contribution is -2.41. The molecule has 0 unspecified atom stereocenters. The molecule has 1 aromatic heterocycles. The molecule has 9 heteroatoms. The SMILES string of the molecule is Cc1ccc([N+](=O)[O-])cc1NC(=O)N1CCC(n2cncn2)CC1. The van der Waals surface area contributed by atoms with Gasteiger partial charge in [0.1, 0.15) is 12.7 Å². The van der Waals surface area contributed by atoms with E-state index in [1.165, 1.54) is 18.5 Å². The molecule has 0 bridgehead atoms. The van der Waals surface area contributed by atoms with E-state index in [0.29, 0.717) is 18.8 Å². The van der Waals surface area contributed by atoms with Crippen LogP contribution in [-0.2, 0) is 0 Å². The third-order valence-corrected chi connectivity index (χ3v) is 4.24. The van der Waals surface area contributed by atoms with E-state index in [1.54, 1.807) is 24.2 Å². The van der Waals surface area contributed by atoms with Crippen LogP contribution >= 0.6 is 0 Å². The summed E-state index contributed by atoms with van der Waals surface area (Å²) in [6.07, 6.45) is 4.78. The molecule has 1 N–H and O–H groups in total. The van der Waals surface area contributed by atoms with Gasteiger partial charge in [-0.15, -0.1) is 0 Å². The summed E-state index contributed by atoms with van der Waals surface area (Å²) in [6.45, 7) is 3.00. The van der Waals surface area contributed by atoms with Crippen molar-refractivity contribution >= 4 is 17.4 Å². The molecule has 0 radical (unpaired) electrons. The smallest absolute Gasteiger partial charge is 0.321 e. The second kappa shape index (κ2) is 6.65. The summed E-state index contributed by atoms with van der Waals surface area (Å²) in [6, 6.07) is 4.45. The predicted molar refractivity (Wildman–Crippen MR) is 86.7 cm³/mol. The topological polar surface area (TPSA) is 106 Å². The summed E-state index contributed by atoms with van der Waals surface area (Å²) in [5.74, 6) is 0. The van der Waals surface area contributed by atoms with Crippen molar-refractivity contribution < 1.29 is 9.72 Å². The fraction of sp³-hybridized carbons (Fsp3) is 0.400. The third-order valence-electron chi connectivity index (χ3n) is 4.24. The molecule has 3 rings (SSSR count). The number of rotatable bonds is 3. The number of carbonyl (C=O) groups excluding carboxylic acids is 1. The number of non-ortho nitro benzene ring substituents is 1. The second-order valence-electron chi connectivity index (χ2n) is 5.78. The lowest BCUT2D eigenvalue weighted by atomic mass is 10.1. The van der Waals surface area contributed by atoms with Crippen molar-refractivity contribution in [2.75, 3.05) is 18.4 Å². The Labute approximate surface area is 138 Å². The van der Waals surface area contributed by atoms with Gasteiger partial charge in [-0.1, -0.05) is 6.07 Å². The molecule has 1 aliphatic heterocycles. The van der Waals surface area contributed by atoms with Crippen LogP contribution in [0.4, 0.5) is 16.2 Å². The summed E-state index contributed by atoms with van der Waals surface area (Å²) in [5.41, 5.74) is 1.21. The average molecular weight is 330 g/mol. The van der Waals surface area contributed by atoms with Gasteiger partial charge in [0, 0.05) is 25.2 Å². The number of nitrogens with zero attached hydrogens (tertiary/aromatic N) is 5. The molecule has 0 saturated carbocycles. The fourth-order valence-corrected chi connectivity index (χ4v) is 2.79. The molecular weight excluding hydrogens is 312 g/mol. The molecule has 2 amide bonds. The Kier molecular flexibility index (Phi) is 4.41. The van der Waals surface area contributed by atoms with Crippen LogP contribution in [0, 0.1) is 17.0 Å². The van der Waals surface area contributed by atoms with Crippen molar-refractivity contribution in [3.63, 3.8) is 0 Å². The Morgan fingerprint density at radius 3 is 2.75 bits per heavy atom. The van der Waals surface area contributed by atoms with Crippen LogP contribution in [0.5, 0.6) is 0 Å². The standard InChI is InChI=1S/C15H18N6O3/c1-11-2-3-13(21(23)24)8-14(11)18-15(22)19-6-4-12(5-7-19)20-10-16-9-17-20/h2-3,8-10,12H,4-7H2,1H3,(H,18,22). The van der Waals surface area contributed by atoms with Crippen LogP contribution in [0.15, 0.2) is 30.9 Å². The molecule has 2 heterocycles. The number of hydrogen-bond donors (Lipinski definition) is 1. The maximum atomic E-state index is 12.4.